The van der Waals surface area contributed by atoms with Gasteiger partial charge in [0.05, 0.1) is 0 Å². The first-order valence-electron chi connectivity index (χ1n) is 4.82. The van der Waals surface area contributed by atoms with Gasteiger partial charge in [0.25, 0.3) is 0 Å². The standard InChI is InChI=1S/C13H12O/c14-10-4-8-12-7-3-6-11-5-1-2-9-13(11)12/h1-2,4-5,7-10H,3,6H2/b8-4-. The molecule has 0 amide bonds. The Labute approximate surface area is 83.8 Å². The van der Waals surface area contributed by atoms with Gasteiger partial charge in [-0.25, -0.2) is 0 Å². The Bertz CT molecular complexity index is 399. The highest BCUT2D eigenvalue weighted by Gasteiger charge is 2.08. The summed E-state index contributed by atoms with van der Waals surface area (Å²) >= 11 is 0. The van der Waals surface area contributed by atoms with Crippen LogP contribution in [0.4, 0.5) is 0 Å². The summed E-state index contributed by atoms with van der Waals surface area (Å²) in [5, 5.41) is 0. The zero-order chi connectivity index (χ0) is 9.80. The summed E-state index contributed by atoms with van der Waals surface area (Å²) < 4.78 is 0. The third kappa shape index (κ3) is 1.67. The highest BCUT2D eigenvalue weighted by Crippen LogP contribution is 2.26. The van der Waals surface area contributed by atoms with E-state index in [9.17, 15) is 4.79 Å². The number of fused-ring (bicyclic) bond motifs is 1. The molecule has 14 heavy (non-hydrogen) atoms. The molecule has 0 unspecified atom stereocenters. The van der Waals surface area contributed by atoms with E-state index in [-0.39, 0.29) is 0 Å². The molecule has 0 saturated heterocycles. The van der Waals surface area contributed by atoms with Gasteiger partial charge in [0, 0.05) is 0 Å². The summed E-state index contributed by atoms with van der Waals surface area (Å²) in [6.45, 7) is 0. The Morgan fingerprint density at radius 3 is 2.93 bits per heavy atom. The molecule has 1 nitrogen and oxygen atoms in total. The minimum absolute atomic E-state index is 0.818. The van der Waals surface area contributed by atoms with Gasteiger partial charge in [0.2, 0.25) is 0 Å². The minimum atomic E-state index is 0.818. The van der Waals surface area contributed by atoms with Crippen LogP contribution in [-0.4, -0.2) is 6.29 Å². The van der Waals surface area contributed by atoms with E-state index in [1.54, 1.807) is 6.08 Å². The molecule has 0 N–H and O–H groups in total. The number of hydrogen-bond donors (Lipinski definition) is 0. The van der Waals surface area contributed by atoms with Crippen LogP contribution in [-0.2, 0) is 11.2 Å². The molecule has 0 fully saturated rings. The van der Waals surface area contributed by atoms with Crippen molar-refractivity contribution >= 4 is 11.9 Å². The van der Waals surface area contributed by atoms with Gasteiger partial charge in [-0.15, -0.1) is 0 Å². The smallest absolute Gasteiger partial charge is 0.142 e. The molecule has 0 bridgehead atoms. The van der Waals surface area contributed by atoms with E-state index in [4.69, 9.17) is 0 Å². The second kappa shape index (κ2) is 4.05. The van der Waals surface area contributed by atoms with Crippen molar-refractivity contribution in [2.75, 3.05) is 0 Å². The molecular weight excluding hydrogens is 172 g/mol. The molecule has 2 rings (SSSR count). The van der Waals surface area contributed by atoms with E-state index in [1.165, 1.54) is 16.7 Å². The van der Waals surface area contributed by atoms with Crippen LogP contribution in [0.3, 0.4) is 0 Å². The van der Waals surface area contributed by atoms with Gasteiger partial charge < -0.3 is 0 Å². The van der Waals surface area contributed by atoms with Gasteiger partial charge in [-0.3, -0.25) is 4.79 Å². The number of hydrogen-bond acceptors (Lipinski definition) is 1. The molecule has 0 heterocycles. The summed E-state index contributed by atoms with van der Waals surface area (Å²) in [4.78, 5) is 10.2. The molecule has 0 atom stereocenters. The lowest BCUT2D eigenvalue weighted by atomic mass is 9.91. The zero-order valence-corrected chi connectivity index (χ0v) is 7.94. The molecule has 0 aliphatic heterocycles. The van der Waals surface area contributed by atoms with Crippen molar-refractivity contribution in [3.05, 3.63) is 53.6 Å². The number of allylic oxidation sites excluding steroid dienone is 4. The van der Waals surface area contributed by atoms with Gasteiger partial charge >= 0.3 is 0 Å². The summed E-state index contributed by atoms with van der Waals surface area (Å²) in [6, 6.07) is 8.35. The van der Waals surface area contributed by atoms with Gasteiger partial charge in [0.1, 0.15) is 6.29 Å². The lowest BCUT2D eigenvalue weighted by Crippen LogP contribution is -1.97. The highest BCUT2D eigenvalue weighted by molar-refractivity contribution is 5.81. The SMILES string of the molecule is O=C/C=C\C1=CCCc2ccccc21. The first-order valence-corrected chi connectivity index (χ1v) is 4.82. The Kier molecular flexibility index (Phi) is 2.59. The second-order valence-electron chi connectivity index (χ2n) is 3.35. The van der Waals surface area contributed by atoms with E-state index >= 15 is 0 Å². The van der Waals surface area contributed by atoms with Crippen LogP contribution in [0.25, 0.3) is 5.57 Å². The van der Waals surface area contributed by atoms with Crippen molar-refractivity contribution in [2.45, 2.75) is 12.8 Å². The molecule has 70 valence electrons. The third-order valence-corrected chi connectivity index (χ3v) is 2.46. The van der Waals surface area contributed by atoms with Crippen LogP contribution < -0.4 is 0 Å². The van der Waals surface area contributed by atoms with Crippen LogP contribution >= 0.6 is 0 Å². The molecule has 1 heteroatoms. The first kappa shape index (κ1) is 8.95. The van der Waals surface area contributed by atoms with Gasteiger partial charge in [-0.1, -0.05) is 36.4 Å². The molecule has 1 aliphatic carbocycles. The Morgan fingerprint density at radius 2 is 2.07 bits per heavy atom. The van der Waals surface area contributed by atoms with E-state index < -0.39 is 0 Å². The fourth-order valence-electron chi connectivity index (χ4n) is 1.81. The highest BCUT2D eigenvalue weighted by atomic mass is 16.1. The molecule has 1 aromatic carbocycles. The Hall–Kier alpha value is -1.63. The summed E-state index contributed by atoms with van der Waals surface area (Å²) in [6.07, 6.45) is 8.60. The van der Waals surface area contributed by atoms with Crippen molar-refractivity contribution < 1.29 is 4.79 Å². The fraction of sp³-hybridized carbons (Fsp3) is 0.154. The number of aryl methyl sites for hydroxylation is 1. The summed E-state index contributed by atoms with van der Waals surface area (Å²) in [5.41, 5.74) is 3.80. The van der Waals surface area contributed by atoms with Crippen molar-refractivity contribution in [2.24, 2.45) is 0 Å². The maximum absolute atomic E-state index is 10.2. The quantitative estimate of drug-likeness (QED) is 0.510. The lowest BCUT2D eigenvalue weighted by molar-refractivity contribution is -0.104. The van der Waals surface area contributed by atoms with Crippen molar-refractivity contribution in [1.82, 2.24) is 0 Å². The molecule has 1 aromatic rings. The van der Waals surface area contributed by atoms with Gasteiger partial charge in [-0.05, 0) is 35.6 Å². The van der Waals surface area contributed by atoms with Crippen molar-refractivity contribution in [1.29, 1.82) is 0 Å². The monoisotopic (exact) mass is 184 g/mol. The number of aldehydes is 1. The fourth-order valence-corrected chi connectivity index (χ4v) is 1.81. The minimum Gasteiger partial charge on any atom is -0.299 e. The number of carbonyl (C=O) groups excluding carboxylic acids is 1. The molecule has 0 aromatic heterocycles. The summed E-state index contributed by atoms with van der Waals surface area (Å²) in [5.74, 6) is 0. The van der Waals surface area contributed by atoms with Crippen molar-refractivity contribution in [3.8, 4) is 0 Å². The normalized spacial score (nSPS) is 15.0. The van der Waals surface area contributed by atoms with Gasteiger partial charge in [-0.2, -0.15) is 0 Å². The predicted octanol–water partition coefficient (Wildman–Crippen LogP) is 2.77. The molecule has 0 saturated carbocycles. The van der Waals surface area contributed by atoms with Crippen LogP contribution in [0, 0.1) is 0 Å². The topological polar surface area (TPSA) is 17.1 Å². The number of benzene rings is 1. The van der Waals surface area contributed by atoms with Crippen LogP contribution in [0.1, 0.15) is 17.5 Å². The van der Waals surface area contributed by atoms with Crippen LogP contribution in [0.5, 0.6) is 0 Å². The maximum atomic E-state index is 10.2. The average molecular weight is 184 g/mol. The molecule has 0 spiro atoms. The van der Waals surface area contributed by atoms with E-state index in [1.807, 2.05) is 12.1 Å². The van der Waals surface area contributed by atoms with Crippen LogP contribution in [0.2, 0.25) is 0 Å². The predicted molar refractivity (Wildman–Crippen MR) is 57.9 cm³/mol. The third-order valence-electron chi connectivity index (χ3n) is 2.46. The zero-order valence-electron chi connectivity index (χ0n) is 7.94. The Morgan fingerprint density at radius 1 is 1.21 bits per heavy atom. The lowest BCUT2D eigenvalue weighted by Gasteiger charge is -2.14. The van der Waals surface area contributed by atoms with Gasteiger partial charge in [0.15, 0.2) is 0 Å². The Balaban J connectivity index is 2.40. The molecule has 0 radical (unpaired) electrons. The number of rotatable bonds is 2. The number of carbonyl (C=O) groups is 1. The summed E-state index contributed by atoms with van der Waals surface area (Å²) in [7, 11) is 0. The average Bonchev–Trinajstić information content (AvgIpc) is 2.26. The van der Waals surface area contributed by atoms with E-state index in [0.29, 0.717) is 0 Å². The van der Waals surface area contributed by atoms with E-state index in [0.717, 1.165) is 19.1 Å². The molecular formula is C13H12O. The first-order chi connectivity index (χ1) is 6.92. The van der Waals surface area contributed by atoms with Crippen molar-refractivity contribution in [3.63, 3.8) is 0 Å². The molecule has 1 aliphatic rings. The largest absolute Gasteiger partial charge is 0.299 e. The van der Waals surface area contributed by atoms with E-state index in [2.05, 4.69) is 24.3 Å². The van der Waals surface area contributed by atoms with Crippen LogP contribution in [0.15, 0.2) is 42.5 Å². The maximum Gasteiger partial charge on any atom is 0.142 e. The second-order valence-corrected chi connectivity index (χ2v) is 3.35.